The van der Waals surface area contributed by atoms with Crippen molar-refractivity contribution in [2.24, 2.45) is 5.92 Å². The standard InChI is InChI=1S/C13H13N5S/c1-2-9(1)7-15-12-17-18-8-11(16-13(18)19-12)10-3-5-14-6-4-10/h3-6,8-9H,1-2,7H2,(H,15,17). The van der Waals surface area contributed by atoms with Crippen LogP contribution in [0.15, 0.2) is 30.7 Å². The first kappa shape index (κ1) is 10.9. The second-order valence-electron chi connectivity index (χ2n) is 4.82. The molecule has 19 heavy (non-hydrogen) atoms. The molecule has 0 bridgehead atoms. The summed E-state index contributed by atoms with van der Waals surface area (Å²) in [6.45, 7) is 1.04. The van der Waals surface area contributed by atoms with E-state index in [9.17, 15) is 0 Å². The molecule has 0 spiro atoms. The molecule has 0 radical (unpaired) electrons. The quantitative estimate of drug-likeness (QED) is 0.792. The maximum absolute atomic E-state index is 4.60. The van der Waals surface area contributed by atoms with Crippen molar-refractivity contribution < 1.29 is 0 Å². The monoisotopic (exact) mass is 271 g/mol. The van der Waals surface area contributed by atoms with Gasteiger partial charge in [-0.1, -0.05) is 11.3 Å². The van der Waals surface area contributed by atoms with Gasteiger partial charge in [-0.2, -0.15) is 0 Å². The number of anilines is 1. The minimum atomic E-state index is 0.851. The molecule has 0 atom stereocenters. The Morgan fingerprint density at radius 3 is 2.89 bits per heavy atom. The molecule has 6 heteroatoms. The van der Waals surface area contributed by atoms with Crippen LogP contribution >= 0.6 is 11.3 Å². The smallest absolute Gasteiger partial charge is 0.214 e. The van der Waals surface area contributed by atoms with Gasteiger partial charge in [-0.3, -0.25) is 4.98 Å². The molecule has 0 saturated heterocycles. The lowest BCUT2D eigenvalue weighted by Gasteiger charge is -1.97. The molecule has 1 N–H and O–H groups in total. The van der Waals surface area contributed by atoms with Crippen molar-refractivity contribution >= 4 is 21.4 Å². The highest BCUT2D eigenvalue weighted by Gasteiger charge is 2.21. The molecule has 1 aliphatic carbocycles. The van der Waals surface area contributed by atoms with Gasteiger partial charge in [0, 0.05) is 24.5 Å². The molecule has 96 valence electrons. The van der Waals surface area contributed by atoms with E-state index in [1.165, 1.54) is 12.8 Å². The van der Waals surface area contributed by atoms with Crippen LogP contribution in [0.5, 0.6) is 0 Å². The number of hydrogen-bond acceptors (Lipinski definition) is 5. The first-order chi connectivity index (χ1) is 9.38. The van der Waals surface area contributed by atoms with Gasteiger partial charge in [-0.15, -0.1) is 5.10 Å². The second-order valence-corrected chi connectivity index (χ2v) is 5.78. The predicted octanol–water partition coefficient (Wildman–Crippen LogP) is 2.67. The second kappa shape index (κ2) is 4.31. The van der Waals surface area contributed by atoms with Gasteiger partial charge in [0.05, 0.1) is 11.9 Å². The van der Waals surface area contributed by atoms with Gasteiger partial charge in [0.1, 0.15) is 0 Å². The van der Waals surface area contributed by atoms with Crippen LogP contribution in [0.3, 0.4) is 0 Å². The fraction of sp³-hybridized carbons (Fsp3) is 0.308. The molecule has 1 fully saturated rings. The largest absolute Gasteiger partial charge is 0.360 e. The van der Waals surface area contributed by atoms with Crippen LogP contribution in [0.1, 0.15) is 12.8 Å². The van der Waals surface area contributed by atoms with Gasteiger partial charge in [0.15, 0.2) is 0 Å². The molecule has 3 heterocycles. The molecule has 0 aliphatic heterocycles. The zero-order valence-corrected chi connectivity index (χ0v) is 11.1. The number of rotatable bonds is 4. The van der Waals surface area contributed by atoms with Crippen molar-refractivity contribution in [1.82, 2.24) is 19.6 Å². The van der Waals surface area contributed by atoms with Gasteiger partial charge in [0.25, 0.3) is 0 Å². The summed E-state index contributed by atoms with van der Waals surface area (Å²) in [6.07, 6.45) is 8.21. The lowest BCUT2D eigenvalue weighted by Crippen LogP contribution is -2.02. The molecule has 0 amide bonds. The third-order valence-electron chi connectivity index (χ3n) is 3.26. The van der Waals surface area contributed by atoms with Crippen molar-refractivity contribution in [3.8, 4) is 11.3 Å². The fourth-order valence-corrected chi connectivity index (χ4v) is 2.78. The number of fused-ring (bicyclic) bond motifs is 1. The van der Waals surface area contributed by atoms with Crippen molar-refractivity contribution in [1.29, 1.82) is 0 Å². The maximum atomic E-state index is 4.60. The minimum absolute atomic E-state index is 0.851. The van der Waals surface area contributed by atoms with Crippen molar-refractivity contribution in [3.05, 3.63) is 30.7 Å². The normalized spacial score (nSPS) is 14.9. The van der Waals surface area contributed by atoms with Crippen LogP contribution in [-0.2, 0) is 0 Å². The summed E-state index contributed by atoms with van der Waals surface area (Å²) in [5, 5.41) is 8.84. The Balaban J connectivity index is 1.60. The molecular formula is C13H13N5S. The van der Waals surface area contributed by atoms with Crippen LogP contribution in [0, 0.1) is 5.92 Å². The van der Waals surface area contributed by atoms with E-state index in [1.54, 1.807) is 23.7 Å². The van der Waals surface area contributed by atoms with E-state index in [0.717, 1.165) is 33.8 Å². The van der Waals surface area contributed by atoms with E-state index in [2.05, 4.69) is 20.4 Å². The van der Waals surface area contributed by atoms with Gasteiger partial charge in [-0.25, -0.2) is 9.50 Å². The first-order valence-electron chi connectivity index (χ1n) is 6.39. The van der Waals surface area contributed by atoms with Gasteiger partial charge in [0.2, 0.25) is 10.1 Å². The van der Waals surface area contributed by atoms with Crippen LogP contribution < -0.4 is 5.32 Å². The van der Waals surface area contributed by atoms with E-state index in [-0.39, 0.29) is 0 Å². The Labute approximate surface area is 114 Å². The Morgan fingerprint density at radius 2 is 2.16 bits per heavy atom. The molecule has 5 nitrogen and oxygen atoms in total. The number of pyridine rings is 1. The van der Waals surface area contributed by atoms with Gasteiger partial charge < -0.3 is 5.32 Å². The van der Waals surface area contributed by atoms with Crippen LogP contribution in [0.2, 0.25) is 0 Å². The number of nitrogens with one attached hydrogen (secondary N) is 1. The van der Waals surface area contributed by atoms with E-state index >= 15 is 0 Å². The van der Waals surface area contributed by atoms with Crippen LogP contribution in [-0.4, -0.2) is 26.1 Å². The van der Waals surface area contributed by atoms with E-state index in [0.29, 0.717) is 0 Å². The lowest BCUT2D eigenvalue weighted by molar-refractivity contribution is 0.874. The number of nitrogens with zero attached hydrogens (tertiary/aromatic N) is 4. The number of hydrogen-bond donors (Lipinski definition) is 1. The topological polar surface area (TPSA) is 55.1 Å². The van der Waals surface area contributed by atoms with E-state index < -0.39 is 0 Å². The zero-order chi connectivity index (χ0) is 12.7. The Bertz CT molecular complexity index is 667. The number of aromatic nitrogens is 4. The van der Waals surface area contributed by atoms with Gasteiger partial charge >= 0.3 is 0 Å². The minimum Gasteiger partial charge on any atom is -0.360 e. The van der Waals surface area contributed by atoms with E-state index in [1.807, 2.05) is 22.8 Å². The summed E-state index contributed by atoms with van der Waals surface area (Å²) in [4.78, 5) is 9.53. The third kappa shape index (κ3) is 2.19. The fourth-order valence-electron chi connectivity index (χ4n) is 1.99. The molecule has 1 aliphatic rings. The third-order valence-corrected chi connectivity index (χ3v) is 4.14. The zero-order valence-electron chi connectivity index (χ0n) is 10.3. The highest BCUT2D eigenvalue weighted by atomic mass is 32.1. The van der Waals surface area contributed by atoms with Crippen LogP contribution in [0.25, 0.3) is 16.2 Å². The summed E-state index contributed by atoms with van der Waals surface area (Å²) in [7, 11) is 0. The molecule has 3 aromatic rings. The Morgan fingerprint density at radius 1 is 1.32 bits per heavy atom. The molecule has 1 saturated carbocycles. The lowest BCUT2D eigenvalue weighted by atomic mass is 10.2. The molecule has 3 aromatic heterocycles. The first-order valence-corrected chi connectivity index (χ1v) is 7.20. The summed E-state index contributed by atoms with van der Waals surface area (Å²) in [5.41, 5.74) is 2.01. The average molecular weight is 271 g/mol. The highest BCUT2D eigenvalue weighted by Crippen LogP contribution is 2.30. The summed E-state index contributed by atoms with van der Waals surface area (Å²) < 4.78 is 1.84. The predicted molar refractivity (Wildman–Crippen MR) is 75.3 cm³/mol. The summed E-state index contributed by atoms with van der Waals surface area (Å²) in [6, 6.07) is 3.91. The van der Waals surface area contributed by atoms with Crippen LogP contribution in [0.4, 0.5) is 5.13 Å². The Kier molecular flexibility index (Phi) is 2.48. The Hall–Kier alpha value is -1.95. The van der Waals surface area contributed by atoms with Crippen molar-refractivity contribution in [3.63, 3.8) is 0 Å². The number of imidazole rings is 1. The molecule has 0 unspecified atom stereocenters. The van der Waals surface area contributed by atoms with E-state index in [4.69, 9.17) is 0 Å². The van der Waals surface area contributed by atoms with Crippen molar-refractivity contribution in [2.45, 2.75) is 12.8 Å². The van der Waals surface area contributed by atoms with Gasteiger partial charge in [-0.05, 0) is 30.9 Å². The van der Waals surface area contributed by atoms with Crippen molar-refractivity contribution in [2.75, 3.05) is 11.9 Å². The molecular weight excluding hydrogens is 258 g/mol. The summed E-state index contributed by atoms with van der Waals surface area (Å²) in [5.74, 6) is 0.851. The summed E-state index contributed by atoms with van der Waals surface area (Å²) >= 11 is 1.60. The molecule has 4 rings (SSSR count). The highest BCUT2D eigenvalue weighted by molar-refractivity contribution is 7.20. The average Bonchev–Trinajstić information content (AvgIpc) is 3.07. The SMILES string of the molecule is c1cc(-c2cn3nc(NCC4CC4)sc3n2)ccn1. The maximum Gasteiger partial charge on any atom is 0.214 e. The molecule has 0 aromatic carbocycles.